The van der Waals surface area contributed by atoms with E-state index >= 15 is 0 Å². The third kappa shape index (κ3) is 2.85. The van der Waals surface area contributed by atoms with E-state index in [-0.39, 0.29) is 18.4 Å². The highest BCUT2D eigenvalue weighted by Gasteiger charge is 2.09. The number of amides is 1. The van der Waals surface area contributed by atoms with Crippen LogP contribution >= 0.6 is 0 Å². The molecule has 1 aromatic heterocycles. The monoisotopic (exact) mass is 197 g/mol. The summed E-state index contributed by atoms with van der Waals surface area (Å²) in [5.41, 5.74) is 0.401. The van der Waals surface area contributed by atoms with Crippen LogP contribution in [0.25, 0.3) is 0 Å². The minimum Gasteiger partial charge on any atom is -0.396 e. The quantitative estimate of drug-likeness (QED) is 0.701. The molecule has 2 N–H and O–H groups in total. The van der Waals surface area contributed by atoms with E-state index in [1.165, 1.54) is 0 Å². The van der Waals surface area contributed by atoms with Crippen molar-refractivity contribution in [1.29, 1.82) is 0 Å². The molecule has 1 amide bonds. The van der Waals surface area contributed by atoms with E-state index in [4.69, 9.17) is 5.11 Å². The highest BCUT2D eigenvalue weighted by Crippen LogP contribution is 1.95. The van der Waals surface area contributed by atoms with Gasteiger partial charge in [-0.15, -0.1) is 0 Å². The Kier molecular flexibility index (Phi) is 3.64. The van der Waals surface area contributed by atoms with Gasteiger partial charge in [0.1, 0.15) is 5.69 Å². The third-order valence-corrected chi connectivity index (χ3v) is 1.87. The van der Waals surface area contributed by atoms with Crippen molar-refractivity contribution in [2.24, 2.45) is 13.0 Å². The highest BCUT2D eigenvalue weighted by molar-refractivity contribution is 5.92. The molecule has 0 aliphatic carbocycles. The molecule has 1 heterocycles. The van der Waals surface area contributed by atoms with Crippen molar-refractivity contribution in [3.63, 3.8) is 0 Å². The van der Waals surface area contributed by atoms with Crippen LogP contribution in [0.4, 0.5) is 0 Å². The second kappa shape index (κ2) is 4.76. The van der Waals surface area contributed by atoms with Crippen LogP contribution in [-0.2, 0) is 7.05 Å². The van der Waals surface area contributed by atoms with E-state index in [2.05, 4.69) is 10.4 Å². The Labute approximate surface area is 82.7 Å². The molecule has 78 valence electrons. The molecule has 5 nitrogen and oxygen atoms in total. The maximum atomic E-state index is 11.4. The fraction of sp³-hybridized carbons (Fsp3) is 0.556. The summed E-state index contributed by atoms with van der Waals surface area (Å²) in [5, 5.41) is 15.4. The van der Waals surface area contributed by atoms with Crippen LogP contribution in [0.15, 0.2) is 12.3 Å². The van der Waals surface area contributed by atoms with Gasteiger partial charge in [0.2, 0.25) is 0 Å². The molecule has 1 atom stereocenters. The number of carbonyl (C=O) groups excluding carboxylic acids is 1. The lowest BCUT2D eigenvalue weighted by Crippen LogP contribution is -2.29. The lowest BCUT2D eigenvalue weighted by atomic mass is 10.2. The lowest BCUT2D eigenvalue weighted by molar-refractivity contribution is 0.0936. The van der Waals surface area contributed by atoms with Crippen LogP contribution in [0.5, 0.6) is 0 Å². The van der Waals surface area contributed by atoms with Crippen molar-refractivity contribution in [2.75, 3.05) is 13.2 Å². The Bertz CT molecular complexity index is 309. The van der Waals surface area contributed by atoms with Gasteiger partial charge < -0.3 is 10.4 Å². The van der Waals surface area contributed by atoms with Crippen molar-refractivity contribution in [1.82, 2.24) is 15.1 Å². The van der Waals surface area contributed by atoms with E-state index < -0.39 is 0 Å². The van der Waals surface area contributed by atoms with Crippen LogP contribution in [-0.4, -0.2) is 33.9 Å². The number of aromatic nitrogens is 2. The number of carbonyl (C=O) groups is 1. The minimum atomic E-state index is -0.203. The molecular formula is C9H15N3O2. The average Bonchev–Trinajstić information content (AvgIpc) is 2.60. The molecule has 0 saturated heterocycles. The van der Waals surface area contributed by atoms with Crippen LogP contribution < -0.4 is 5.32 Å². The first kappa shape index (κ1) is 10.7. The van der Waals surface area contributed by atoms with Gasteiger partial charge in [-0.3, -0.25) is 9.48 Å². The van der Waals surface area contributed by atoms with Gasteiger partial charge in [0.05, 0.1) is 0 Å². The topological polar surface area (TPSA) is 67.2 Å². The average molecular weight is 197 g/mol. The number of rotatable bonds is 4. The molecular weight excluding hydrogens is 182 g/mol. The number of aryl methyl sites for hydroxylation is 1. The molecule has 0 bridgehead atoms. The van der Waals surface area contributed by atoms with E-state index in [1.54, 1.807) is 24.0 Å². The van der Waals surface area contributed by atoms with E-state index in [0.29, 0.717) is 12.2 Å². The summed E-state index contributed by atoms with van der Waals surface area (Å²) >= 11 is 0. The second-order valence-electron chi connectivity index (χ2n) is 3.37. The Morgan fingerprint density at radius 3 is 3.00 bits per heavy atom. The Morgan fingerprint density at radius 2 is 2.50 bits per heavy atom. The van der Waals surface area contributed by atoms with Gasteiger partial charge in [-0.1, -0.05) is 6.92 Å². The summed E-state index contributed by atoms with van der Waals surface area (Å²) in [6.45, 7) is 2.40. The van der Waals surface area contributed by atoms with Gasteiger partial charge in [-0.2, -0.15) is 5.10 Å². The van der Waals surface area contributed by atoms with Crippen molar-refractivity contribution in [3.05, 3.63) is 18.0 Å². The molecule has 0 saturated carbocycles. The lowest BCUT2D eigenvalue weighted by Gasteiger charge is -2.07. The molecule has 1 unspecified atom stereocenters. The number of nitrogens with zero attached hydrogens (tertiary/aromatic N) is 2. The first-order chi connectivity index (χ1) is 6.63. The Balaban J connectivity index is 2.43. The van der Waals surface area contributed by atoms with E-state index in [1.807, 2.05) is 6.92 Å². The molecule has 0 fully saturated rings. The molecule has 0 aliphatic rings. The van der Waals surface area contributed by atoms with E-state index in [9.17, 15) is 4.79 Å². The number of hydrogen-bond donors (Lipinski definition) is 2. The molecule has 14 heavy (non-hydrogen) atoms. The number of aliphatic hydroxyl groups is 1. The fourth-order valence-corrected chi connectivity index (χ4v) is 0.958. The van der Waals surface area contributed by atoms with Crippen LogP contribution in [0.1, 0.15) is 17.4 Å². The first-order valence-electron chi connectivity index (χ1n) is 4.52. The smallest absolute Gasteiger partial charge is 0.271 e. The summed E-state index contributed by atoms with van der Waals surface area (Å²) < 4.78 is 1.57. The van der Waals surface area contributed by atoms with Crippen LogP contribution in [0.2, 0.25) is 0 Å². The number of hydrogen-bond acceptors (Lipinski definition) is 3. The SMILES string of the molecule is CC(CO)CNC(=O)c1ccn(C)n1. The molecule has 0 radical (unpaired) electrons. The standard InChI is InChI=1S/C9H15N3O2/c1-7(6-13)5-10-9(14)8-3-4-12(2)11-8/h3-4,7,13H,5-6H2,1-2H3,(H,10,14). The van der Waals surface area contributed by atoms with Crippen LogP contribution in [0.3, 0.4) is 0 Å². The maximum absolute atomic E-state index is 11.4. The molecule has 0 aliphatic heterocycles. The Morgan fingerprint density at radius 1 is 1.79 bits per heavy atom. The van der Waals surface area contributed by atoms with E-state index in [0.717, 1.165) is 0 Å². The summed E-state index contributed by atoms with van der Waals surface area (Å²) in [4.78, 5) is 11.4. The van der Waals surface area contributed by atoms with Gasteiger partial charge in [-0.05, 0) is 12.0 Å². The second-order valence-corrected chi connectivity index (χ2v) is 3.37. The normalized spacial score (nSPS) is 12.5. The zero-order valence-electron chi connectivity index (χ0n) is 8.40. The van der Waals surface area contributed by atoms with Gasteiger partial charge >= 0.3 is 0 Å². The number of nitrogens with one attached hydrogen (secondary N) is 1. The molecule has 5 heteroatoms. The minimum absolute atomic E-state index is 0.0719. The molecule has 0 aromatic carbocycles. The van der Waals surface area contributed by atoms with Crippen molar-refractivity contribution in [3.8, 4) is 0 Å². The summed E-state index contributed by atoms with van der Waals surface area (Å²) in [7, 11) is 1.76. The van der Waals surface area contributed by atoms with Crippen molar-refractivity contribution >= 4 is 5.91 Å². The molecule has 1 aromatic rings. The third-order valence-electron chi connectivity index (χ3n) is 1.87. The van der Waals surface area contributed by atoms with Crippen molar-refractivity contribution < 1.29 is 9.90 Å². The predicted molar refractivity (Wildman–Crippen MR) is 51.8 cm³/mol. The molecule has 1 rings (SSSR count). The first-order valence-corrected chi connectivity index (χ1v) is 4.52. The summed E-state index contributed by atoms with van der Waals surface area (Å²) in [6, 6.07) is 1.65. The van der Waals surface area contributed by atoms with Crippen LogP contribution in [0, 0.1) is 5.92 Å². The largest absolute Gasteiger partial charge is 0.396 e. The fourth-order valence-electron chi connectivity index (χ4n) is 0.958. The van der Waals surface area contributed by atoms with Gasteiger partial charge in [0.15, 0.2) is 0 Å². The summed E-state index contributed by atoms with van der Waals surface area (Å²) in [6.07, 6.45) is 1.71. The Hall–Kier alpha value is -1.36. The summed E-state index contributed by atoms with van der Waals surface area (Å²) in [5.74, 6) is -0.131. The number of aliphatic hydroxyl groups excluding tert-OH is 1. The van der Waals surface area contributed by atoms with Gasteiger partial charge in [0, 0.05) is 26.4 Å². The zero-order chi connectivity index (χ0) is 10.6. The van der Waals surface area contributed by atoms with Gasteiger partial charge in [0.25, 0.3) is 5.91 Å². The maximum Gasteiger partial charge on any atom is 0.271 e. The molecule has 0 spiro atoms. The van der Waals surface area contributed by atoms with Gasteiger partial charge in [-0.25, -0.2) is 0 Å². The predicted octanol–water partition coefficient (Wildman–Crippen LogP) is -0.222. The highest BCUT2D eigenvalue weighted by atomic mass is 16.3. The van der Waals surface area contributed by atoms with Crippen molar-refractivity contribution in [2.45, 2.75) is 6.92 Å². The zero-order valence-corrected chi connectivity index (χ0v) is 8.40.